The van der Waals surface area contributed by atoms with Crippen LogP contribution in [0.3, 0.4) is 0 Å². The molecule has 0 aliphatic carbocycles. The number of para-hydroxylation sites is 1. The number of carbonyl (C=O) groups excluding carboxylic acids is 2. The zero-order valence-corrected chi connectivity index (χ0v) is 19.2. The van der Waals surface area contributed by atoms with E-state index in [0.29, 0.717) is 39.4 Å². The molecule has 4 aromatic rings. The summed E-state index contributed by atoms with van der Waals surface area (Å²) >= 11 is 1.47. The number of rotatable bonds is 6. The largest absolute Gasteiger partial charge is 0.493 e. The maximum absolute atomic E-state index is 13.0. The Kier molecular flexibility index (Phi) is 6.50. The quantitative estimate of drug-likeness (QED) is 0.424. The summed E-state index contributed by atoms with van der Waals surface area (Å²) < 4.78 is 10.7. The number of hydrogen-bond acceptors (Lipinski definition) is 7. The first-order valence-electron chi connectivity index (χ1n) is 10.1. The number of benzene rings is 2. The molecule has 2 N–H and O–H groups in total. The second kappa shape index (κ2) is 9.66. The lowest BCUT2D eigenvalue weighted by Crippen LogP contribution is -2.42. The molecule has 9 heteroatoms. The number of amides is 2. The van der Waals surface area contributed by atoms with Gasteiger partial charge in [-0.2, -0.15) is 0 Å². The van der Waals surface area contributed by atoms with Gasteiger partial charge >= 0.3 is 0 Å². The highest BCUT2D eigenvalue weighted by Crippen LogP contribution is 2.33. The molecule has 0 saturated carbocycles. The van der Waals surface area contributed by atoms with E-state index in [0.717, 1.165) is 10.6 Å². The second-order valence-electron chi connectivity index (χ2n) is 7.18. The summed E-state index contributed by atoms with van der Waals surface area (Å²) in [5, 5.41) is 3.37. The number of pyridine rings is 1. The Balaban J connectivity index is 1.61. The number of fused-ring (bicyclic) bond motifs is 1. The molecule has 0 atom stereocenters. The molecule has 0 aliphatic heterocycles. The van der Waals surface area contributed by atoms with Gasteiger partial charge in [0.25, 0.3) is 5.91 Å². The fourth-order valence-electron chi connectivity index (χ4n) is 3.40. The molecule has 33 heavy (non-hydrogen) atoms. The van der Waals surface area contributed by atoms with Crippen molar-refractivity contribution in [3.8, 4) is 22.8 Å². The van der Waals surface area contributed by atoms with Crippen LogP contribution < -0.4 is 20.3 Å². The topological polar surface area (TPSA) is 102 Å². The van der Waals surface area contributed by atoms with Crippen molar-refractivity contribution in [2.24, 2.45) is 0 Å². The summed E-state index contributed by atoms with van der Waals surface area (Å²) in [7, 11) is 3.13. The number of thiazole rings is 1. The molecule has 0 bridgehead atoms. The van der Waals surface area contributed by atoms with Crippen molar-refractivity contribution >= 4 is 34.1 Å². The van der Waals surface area contributed by atoms with Gasteiger partial charge in [0.15, 0.2) is 11.5 Å². The highest BCUT2D eigenvalue weighted by molar-refractivity contribution is 7.09. The molecule has 2 aromatic carbocycles. The molecule has 0 spiro atoms. The lowest BCUT2D eigenvalue weighted by Gasteiger charge is -2.13. The van der Waals surface area contributed by atoms with Crippen LogP contribution in [0.15, 0.2) is 53.9 Å². The smallest absolute Gasteiger partial charge is 0.270 e. The molecule has 0 aliphatic rings. The third-order valence-electron chi connectivity index (χ3n) is 4.96. The first-order chi connectivity index (χ1) is 16.0. The van der Waals surface area contributed by atoms with Crippen molar-refractivity contribution in [1.29, 1.82) is 0 Å². The fourth-order valence-corrected chi connectivity index (χ4v) is 4.01. The van der Waals surface area contributed by atoms with Gasteiger partial charge in [-0.25, -0.2) is 9.97 Å². The van der Waals surface area contributed by atoms with Gasteiger partial charge < -0.3 is 9.47 Å². The van der Waals surface area contributed by atoms with Crippen molar-refractivity contribution in [3.63, 3.8) is 0 Å². The van der Waals surface area contributed by atoms with E-state index in [1.807, 2.05) is 42.6 Å². The van der Waals surface area contributed by atoms with Gasteiger partial charge in [-0.3, -0.25) is 20.4 Å². The van der Waals surface area contributed by atoms with Crippen molar-refractivity contribution in [2.75, 3.05) is 14.2 Å². The molecule has 0 saturated heterocycles. The number of carbonyl (C=O) groups is 2. The Morgan fingerprint density at radius 3 is 2.48 bits per heavy atom. The minimum Gasteiger partial charge on any atom is -0.493 e. The number of nitrogens with one attached hydrogen (secondary N) is 2. The van der Waals surface area contributed by atoms with Gasteiger partial charge in [-0.1, -0.05) is 18.2 Å². The van der Waals surface area contributed by atoms with E-state index in [9.17, 15) is 9.59 Å². The predicted molar refractivity (Wildman–Crippen MR) is 126 cm³/mol. The second-order valence-corrected chi connectivity index (χ2v) is 8.24. The van der Waals surface area contributed by atoms with Crippen LogP contribution in [-0.4, -0.2) is 36.0 Å². The molecule has 4 rings (SSSR count). The average molecular weight is 463 g/mol. The lowest BCUT2D eigenvalue weighted by atomic mass is 10.0. The van der Waals surface area contributed by atoms with Crippen LogP contribution in [0.1, 0.15) is 21.1 Å². The predicted octanol–water partition coefficient (Wildman–Crippen LogP) is 3.69. The summed E-state index contributed by atoms with van der Waals surface area (Å²) in [5.74, 6) is 0.351. The highest BCUT2D eigenvalue weighted by Gasteiger charge is 2.16. The van der Waals surface area contributed by atoms with Crippen LogP contribution in [0, 0.1) is 6.92 Å². The van der Waals surface area contributed by atoms with Crippen molar-refractivity contribution in [3.05, 3.63) is 70.2 Å². The monoisotopic (exact) mass is 462 g/mol. The molecular weight excluding hydrogens is 440 g/mol. The number of nitrogens with zero attached hydrogens (tertiary/aromatic N) is 2. The van der Waals surface area contributed by atoms with Crippen LogP contribution in [0.2, 0.25) is 0 Å². The number of ether oxygens (including phenoxy) is 2. The number of aromatic nitrogens is 2. The standard InChI is InChI=1S/C24H22N4O4S/c1-14-25-16(13-33-14)11-23(29)27-28-24(30)18-12-20(26-19-7-5-4-6-17(18)19)15-8-9-21(31-2)22(10-15)32-3/h4-10,12-13H,11H2,1-3H3,(H,27,29)(H,28,30). The summed E-state index contributed by atoms with van der Waals surface area (Å²) in [4.78, 5) is 34.2. The molecule has 0 unspecified atom stereocenters. The van der Waals surface area contributed by atoms with E-state index < -0.39 is 5.91 Å². The van der Waals surface area contributed by atoms with Gasteiger partial charge in [0, 0.05) is 16.3 Å². The van der Waals surface area contributed by atoms with Crippen molar-refractivity contribution in [2.45, 2.75) is 13.3 Å². The number of aryl methyl sites for hydroxylation is 1. The zero-order chi connectivity index (χ0) is 23.4. The van der Waals surface area contributed by atoms with Crippen molar-refractivity contribution < 1.29 is 19.1 Å². The van der Waals surface area contributed by atoms with Crippen molar-refractivity contribution in [1.82, 2.24) is 20.8 Å². The third kappa shape index (κ3) is 4.93. The number of hydrazine groups is 1. The Morgan fingerprint density at radius 1 is 0.970 bits per heavy atom. The normalized spacial score (nSPS) is 10.6. The number of hydrogen-bond donors (Lipinski definition) is 2. The maximum Gasteiger partial charge on any atom is 0.270 e. The van der Waals surface area contributed by atoms with Crippen LogP contribution in [0.25, 0.3) is 22.2 Å². The summed E-state index contributed by atoms with van der Waals surface area (Å²) in [6.45, 7) is 1.87. The van der Waals surface area contributed by atoms with E-state index in [4.69, 9.17) is 14.5 Å². The summed E-state index contributed by atoms with van der Waals surface area (Å²) in [6.07, 6.45) is 0.0820. The van der Waals surface area contributed by atoms with Crippen LogP contribution >= 0.6 is 11.3 Å². The van der Waals surface area contributed by atoms with E-state index >= 15 is 0 Å². The van der Waals surface area contributed by atoms with Gasteiger partial charge in [0.2, 0.25) is 5.91 Å². The zero-order valence-electron chi connectivity index (χ0n) is 18.3. The van der Waals surface area contributed by atoms with E-state index in [2.05, 4.69) is 15.8 Å². The molecule has 0 radical (unpaired) electrons. The van der Waals surface area contributed by atoms with Crippen LogP contribution in [-0.2, 0) is 11.2 Å². The average Bonchev–Trinajstić information content (AvgIpc) is 3.25. The SMILES string of the molecule is COc1ccc(-c2cc(C(=O)NNC(=O)Cc3csc(C)n3)c3ccccc3n2)cc1OC. The summed E-state index contributed by atoms with van der Waals surface area (Å²) in [5.41, 5.74) is 8.01. The Labute approximate surface area is 194 Å². The molecule has 2 aromatic heterocycles. The van der Waals surface area contributed by atoms with Gasteiger partial charge in [0.1, 0.15) is 0 Å². The summed E-state index contributed by atoms with van der Waals surface area (Å²) in [6, 6.07) is 14.5. The molecule has 8 nitrogen and oxygen atoms in total. The first kappa shape index (κ1) is 22.2. The molecule has 2 amide bonds. The minimum atomic E-state index is -0.446. The maximum atomic E-state index is 13.0. The lowest BCUT2D eigenvalue weighted by molar-refractivity contribution is -0.121. The molecule has 2 heterocycles. The van der Waals surface area contributed by atoms with E-state index in [1.54, 1.807) is 32.4 Å². The Morgan fingerprint density at radius 2 is 1.76 bits per heavy atom. The third-order valence-corrected chi connectivity index (χ3v) is 5.79. The Bertz CT molecular complexity index is 1340. The molecular formula is C24H22N4O4S. The van der Waals surface area contributed by atoms with E-state index in [1.165, 1.54) is 11.3 Å². The van der Waals surface area contributed by atoms with E-state index in [-0.39, 0.29) is 12.3 Å². The van der Waals surface area contributed by atoms with Gasteiger partial charge in [0.05, 0.1) is 48.1 Å². The van der Waals surface area contributed by atoms with Crippen LogP contribution in [0.5, 0.6) is 11.5 Å². The Hall–Kier alpha value is -3.98. The van der Waals surface area contributed by atoms with Gasteiger partial charge in [-0.05, 0) is 37.3 Å². The first-order valence-corrected chi connectivity index (χ1v) is 11.0. The van der Waals surface area contributed by atoms with Crippen LogP contribution in [0.4, 0.5) is 0 Å². The fraction of sp³-hybridized carbons (Fsp3) is 0.167. The highest BCUT2D eigenvalue weighted by atomic mass is 32.1. The molecule has 0 fully saturated rings. The molecule has 168 valence electrons. The minimum absolute atomic E-state index is 0.0820. The number of methoxy groups -OCH3 is 2. The van der Waals surface area contributed by atoms with Gasteiger partial charge in [-0.15, -0.1) is 11.3 Å².